The Morgan fingerprint density at radius 1 is 1.33 bits per heavy atom. The molecule has 4 heterocycles. The predicted molar refractivity (Wildman–Crippen MR) is 141 cm³/mol. The van der Waals surface area contributed by atoms with Gasteiger partial charge in [0.15, 0.2) is 12.0 Å². The third-order valence-corrected chi connectivity index (χ3v) is 7.92. The summed E-state index contributed by atoms with van der Waals surface area (Å²) in [6, 6.07) is 8.90. The number of rotatable bonds is 8. The number of methoxy groups -OCH3 is 1. The second-order valence-electron chi connectivity index (χ2n) is 9.28. The standard InChI is InChI=1S/C26H21ClFN7O3S/c1-38-26(36)24-23(28)19(12-39-24)20-10-29-25(31-20)18(8-14-2-3-14)22-6-4-15(11-35(22)37)17-9-16(27)5-7-21(17)34-13-30-32-33-34/h4-7,9-14,18H,2-3,8H2,1H3,(H,29,31). The molecule has 4 aromatic heterocycles. The van der Waals surface area contributed by atoms with E-state index in [-0.39, 0.29) is 16.4 Å². The lowest BCUT2D eigenvalue weighted by molar-refractivity contribution is -0.614. The molecule has 1 aromatic carbocycles. The van der Waals surface area contributed by atoms with Gasteiger partial charge in [-0.2, -0.15) is 9.41 Å². The molecule has 1 unspecified atom stereocenters. The Kier molecular flexibility index (Phi) is 6.57. The second-order valence-corrected chi connectivity index (χ2v) is 10.6. The molecular formula is C26H21ClFN7O3S. The monoisotopic (exact) mass is 565 g/mol. The Bertz CT molecular complexity index is 1670. The van der Waals surface area contributed by atoms with E-state index in [1.54, 1.807) is 29.6 Å². The smallest absolute Gasteiger partial charge is 0.351 e. The maximum Gasteiger partial charge on any atom is 0.351 e. The maximum atomic E-state index is 14.9. The number of esters is 1. The van der Waals surface area contributed by atoms with Crippen molar-refractivity contribution in [2.24, 2.45) is 5.92 Å². The number of halogens is 2. The molecular weight excluding hydrogens is 545 g/mol. The number of aromatic amines is 1. The van der Waals surface area contributed by atoms with Crippen LogP contribution >= 0.6 is 22.9 Å². The Hall–Kier alpha value is -4.16. The van der Waals surface area contributed by atoms with E-state index in [2.05, 4.69) is 30.2 Å². The fourth-order valence-corrected chi connectivity index (χ4v) is 5.63. The van der Waals surface area contributed by atoms with E-state index in [0.717, 1.165) is 35.3 Å². The second kappa shape index (κ2) is 10.2. The average molecular weight is 566 g/mol. The van der Waals surface area contributed by atoms with Crippen molar-refractivity contribution in [3.8, 4) is 28.1 Å². The molecule has 10 nitrogen and oxygen atoms in total. The highest BCUT2D eigenvalue weighted by molar-refractivity contribution is 7.12. The van der Waals surface area contributed by atoms with Gasteiger partial charge in [-0.15, -0.1) is 16.4 Å². The molecule has 39 heavy (non-hydrogen) atoms. The first-order valence-electron chi connectivity index (χ1n) is 12.1. The lowest BCUT2D eigenvalue weighted by Gasteiger charge is -2.16. The third-order valence-electron chi connectivity index (χ3n) is 6.75. The zero-order valence-electron chi connectivity index (χ0n) is 20.5. The Balaban J connectivity index is 1.36. The number of pyridine rings is 1. The number of hydrogen-bond acceptors (Lipinski definition) is 8. The number of hydrogen-bond donors (Lipinski definition) is 1. The van der Waals surface area contributed by atoms with Crippen molar-refractivity contribution in [2.45, 2.75) is 25.2 Å². The van der Waals surface area contributed by atoms with Crippen molar-refractivity contribution in [1.29, 1.82) is 0 Å². The first-order chi connectivity index (χ1) is 18.9. The highest BCUT2D eigenvalue weighted by atomic mass is 35.5. The Morgan fingerprint density at radius 3 is 2.90 bits per heavy atom. The zero-order valence-corrected chi connectivity index (χ0v) is 22.1. The largest absolute Gasteiger partial charge is 0.618 e. The van der Waals surface area contributed by atoms with Crippen LogP contribution in [0.1, 0.15) is 46.4 Å². The van der Waals surface area contributed by atoms with Crippen molar-refractivity contribution >= 4 is 28.9 Å². The van der Waals surface area contributed by atoms with Crippen molar-refractivity contribution in [3.63, 3.8) is 0 Å². The molecule has 1 aliphatic rings. The number of H-pyrrole nitrogens is 1. The van der Waals surface area contributed by atoms with E-state index in [1.807, 2.05) is 6.07 Å². The number of nitrogens with one attached hydrogen (secondary N) is 1. The molecule has 5 aromatic rings. The summed E-state index contributed by atoms with van der Waals surface area (Å²) in [5, 5.41) is 26.9. The minimum atomic E-state index is -0.731. The van der Waals surface area contributed by atoms with Crippen molar-refractivity contribution in [3.05, 3.63) is 86.9 Å². The van der Waals surface area contributed by atoms with Gasteiger partial charge in [0.1, 0.15) is 22.9 Å². The number of thiophene rings is 1. The molecule has 1 fully saturated rings. The van der Waals surface area contributed by atoms with E-state index in [0.29, 0.717) is 45.0 Å². The number of ether oxygens (including phenoxy) is 1. The minimum Gasteiger partial charge on any atom is -0.618 e. The summed E-state index contributed by atoms with van der Waals surface area (Å²) < 4.78 is 21.9. The van der Waals surface area contributed by atoms with Gasteiger partial charge in [-0.05, 0) is 47.0 Å². The third kappa shape index (κ3) is 4.88. The molecule has 1 aliphatic carbocycles. The van der Waals surface area contributed by atoms with Gasteiger partial charge in [0, 0.05) is 33.2 Å². The molecule has 0 aliphatic heterocycles. The lowest BCUT2D eigenvalue weighted by atomic mass is 9.95. The number of benzene rings is 1. The van der Waals surface area contributed by atoms with Crippen molar-refractivity contribution in [2.75, 3.05) is 7.11 Å². The van der Waals surface area contributed by atoms with E-state index in [1.165, 1.54) is 30.5 Å². The summed E-state index contributed by atoms with van der Waals surface area (Å²) in [7, 11) is 1.21. The van der Waals surface area contributed by atoms with Gasteiger partial charge in [-0.25, -0.2) is 14.2 Å². The van der Waals surface area contributed by atoms with Crippen LogP contribution in [-0.4, -0.2) is 43.3 Å². The quantitative estimate of drug-likeness (QED) is 0.161. The van der Waals surface area contributed by atoms with E-state index in [9.17, 15) is 14.4 Å². The topological polar surface area (TPSA) is 126 Å². The molecule has 198 valence electrons. The van der Waals surface area contributed by atoms with Crippen molar-refractivity contribution in [1.82, 2.24) is 30.2 Å². The maximum absolute atomic E-state index is 14.9. The summed E-state index contributed by atoms with van der Waals surface area (Å²) in [5.74, 6) is -0.699. The number of tetrazole rings is 1. The van der Waals surface area contributed by atoms with Gasteiger partial charge in [0.2, 0.25) is 5.69 Å². The Morgan fingerprint density at radius 2 is 2.18 bits per heavy atom. The van der Waals surface area contributed by atoms with Crippen LogP contribution in [0.25, 0.3) is 28.1 Å². The van der Waals surface area contributed by atoms with Crippen LogP contribution in [0.3, 0.4) is 0 Å². The lowest BCUT2D eigenvalue weighted by Crippen LogP contribution is -2.34. The molecule has 0 radical (unpaired) electrons. The summed E-state index contributed by atoms with van der Waals surface area (Å²) in [6.07, 6.45) is 7.38. The molecule has 0 spiro atoms. The van der Waals surface area contributed by atoms with Gasteiger partial charge in [-0.3, -0.25) is 0 Å². The number of carbonyl (C=O) groups is 1. The predicted octanol–water partition coefficient (Wildman–Crippen LogP) is 4.93. The first-order valence-corrected chi connectivity index (χ1v) is 13.4. The first kappa shape index (κ1) is 25.1. The number of aromatic nitrogens is 7. The number of nitrogens with zero attached hydrogens (tertiary/aromatic N) is 6. The average Bonchev–Trinajstić information content (AvgIpc) is 3.29. The molecule has 0 amide bonds. The van der Waals surface area contributed by atoms with Gasteiger partial charge >= 0.3 is 5.97 Å². The van der Waals surface area contributed by atoms with Crippen LogP contribution < -0.4 is 4.73 Å². The number of carbonyl (C=O) groups excluding carboxylic acids is 1. The van der Waals surface area contributed by atoms with Gasteiger partial charge in [0.05, 0.1) is 24.7 Å². The highest BCUT2D eigenvalue weighted by Crippen LogP contribution is 2.41. The summed E-state index contributed by atoms with van der Waals surface area (Å²) in [5.41, 5.74) is 3.17. The van der Waals surface area contributed by atoms with Crippen LogP contribution in [0, 0.1) is 16.9 Å². The molecule has 1 atom stereocenters. The van der Waals surface area contributed by atoms with E-state index >= 15 is 0 Å². The molecule has 13 heteroatoms. The minimum absolute atomic E-state index is 0.103. The van der Waals surface area contributed by atoms with Crippen LogP contribution in [0.5, 0.6) is 0 Å². The van der Waals surface area contributed by atoms with Crippen LogP contribution in [-0.2, 0) is 4.74 Å². The molecule has 1 N–H and O–H groups in total. The Labute approximate surface area is 230 Å². The SMILES string of the molecule is COC(=O)c1scc(-c2cnc(C(CC3CC3)c3ccc(-c4cc(Cl)ccc4-n4cnnn4)c[n+]3[O-])[nH]2)c1F. The molecule has 6 rings (SSSR count). The van der Waals surface area contributed by atoms with Crippen LogP contribution in [0.4, 0.5) is 4.39 Å². The van der Waals surface area contributed by atoms with Crippen molar-refractivity contribution < 1.29 is 18.7 Å². The summed E-state index contributed by atoms with van der Waals surface area (Å²) >= 11 is 7.24. The fourth-order valence-electron chi connectivity index (χ4n) is 4.60. The van der Waals surface area contributed by atoms with E-state index in [4.69, 9.17) is 11.6 Å². The van der Waals surface area contributed by atoms with Gasteiger partial charge in [0.25, 0.3) is 0 Å². The van der Waals surface area contributed by atoms with Crippen LogP contribution in [0.15, 0.2) is 54.4 Å². The van der Waals surface area contributed by atoms with E-state index < -0.39 is 11.8 Å². The molecule has 0 saturated heterocycles. The molecule has 0 bridgehead atoms. The van der Waals surface area contributed by atoms with Crippen LogP contribution in [0.2, 0.25) is 5.02 Å². The number of imidazole rings is 1. The fraction of sp³-hybridized carbons (Fsp3) is 0.231. The zero-order chi connectivity index (χ0) is 27.1. The summed E-state index contributed by atoms with van der Waals surface area (Å²) in [4.78, 5) is 19.4. The highest BCUT2D eigenvalue weighted by Gasteiger charge is 2.33. The van der Waals surface area contributed by atoms with Gasteiger partial charge in [-0.1, -0.05) is 24.4 Å². The summed E-state index contributed by atoms with van der Waals surface area (Å²) in [6.45, 7) is 0. The normalized spacial score (nSPS) is 13.9. The van der Waals surface area contributed by atoms with Gasteiger partial charge < -0.3 is 14.9 Å². The molecule has 1 saturated carbocycles.